The molecule has 0 atom stereocenters. The molecule has 0 amide bonds. The quantitative estimate of drug-likeness (QED) is 0.561. The van der Waals surface area contributed by atoms with Gasteiger partial charge in [-0.25, -0.2) is 0 Å². The number of hydrogen-bond donors (Lipinski definition) is 0. The van der Waals surface area contributed by atoms with Gasteiger partial charge in [-0.1, -0.05) is 32.7 Å². The van der Waals surface area contributed by atoms with Gasteiger partial charge in [-0.2, -0.15) is 22.9 Å². The van der Waals surface area contributed by atoms with Crippen molar-refractivity contribution in [1.82, 2.24) is 0 Å². The summed E-state index contributed by atoms with van der Waals surface area (Å²) in [6.07, 6.45) is 3.52. The molecule has 0 fully saturated rings. The van der Waals surface area contributed by atoms with E-state index in [9.17, 15) is 0 Å². The SMILES string of the molecule is CCB(Cl)CB(Cl)CC. The van der Waals surface area contributed by atoms with Gasteiger partial charge in [-0.15, -0.1) is 0 Å². The molecule has 0 N–H and O–H groups in total. The van der Waals surface area contributed by atoms with Gasteiger partial charge in [0.15, 0.2) is 0 Å². The molecule has 0 saturated heterocycles. The molecule has 0 aliphatic carbocycles. The summed E-state index contributed by atoms with van der Waals surface area (Å²) in [5.74, 6) is 0. The monoisotopic (exact) mass is 164 g/mol. The van der Waals surface area contributed by atoms with Crippen LogP contribution in [0.25, 0.3) is 0 Å². The fourth-order valence-corrected chi connectivity index (χ4v) is 1.13. The summed E-state index contributed by atoms with van der Waals surface area (Å²) < 4.78 is 0. The molecular weight excluding hydrogens is 153 g/mol. The molecule has 0 unspecified atom stereocenters. The largest absolute Gasteiger partial charge is 0.244 e. The van der Waals surface area contributed by atoms with Gasteiger partial charge in [-0.05, 0) is 0 Å². The molecule has 9 heavy (non-hydrogen) atoms. The highest BCUT2D eigenvalue weighted by Gasteiger charge is 2.15. The van der Waals surface area contributed by atoms with Gasteiger partial charge in [0.2, 0.25) is 12.3 Å². The van der Waals surface area contributed by atoms with Crippen molar-refractivity contribution in [2.24, 2.45) is 0 Å². The van der Waals surface area contributed by atoms with Crippen molar-refractivity contribution < 1.29 is 0 Å². The summed E-state index contributed by atoms with van der Waals surface area (Å²) in [6.45, 7) is 4.16. The van der Waals surface area contributed by atoms with E-state index in [0.717, 1.165) is 18.9 Å². The Morgan fingerprint density at radius 1 is 1.00 bits per heavy atom. The molecule has 0 rings (SSSR count). The maximum atomic E-state index is 5.85. The van der Waals surface area contributed by atoms with E-state index in [4.69, 9.17) is 22.9 Å². The number of halogens is 2. The van der Waals surface area contributed by atoms with Gasteiger partial charge in [0, 0.05) is 0 Å². The molecule has 0 spiro atoms. The third-order valence-corrected chi connectivity index (χ3v) is 2.37. The minimum Gasteiger partial charge on any atom is -0.196 e. The zero-order valence-corrected chi connectivity index (χ0v) is 7.54. The lowest BCUT2D eigenvalue weighted by Gasteiger charge is -2.02. The summed E-state index contributed by atoms with van der Waals surface area (Å²) >= 11 is 11.7. The van der Waals surface area contributed by atoms with Crippen LogP contribution in [0, 0.1) is 0 Å². The van der Waals surface area contributed by atoms with Crippen LogP contribution in [0.15, 0.2) is 0 Å². The smallest absolute Gasteiger partial charge is 0.196 e. The van der Waals surface area contributed by atoms with Crippen molar-refractivity contribution in [3.05, 3.63) is 0 Å². The third-order valence-electron chi connectivity index (χ3n) is 1.40. The second-order valence-electron chi connectivity index (χ2n) is 2.25. The molecule has 4 heteroatoms. The molecule has 0 radical (unpaired) electrons. The lowest BCUT2D eigenvalue weighted by atomic mass is 9.50. The summed E-state index contributed by atoms with van der Waals surface area (Å²) in [6, 6.07) is 0. The third kappa shape index (κ3) is 5.17. The van der Waals surface area contributed by atoms with E-state index in [-0.39, 0.29) is 12.3 Å². The molecule has 0 aliphatic heterocycles. The van der Waals surface area contributed by atoms with Gasteiger partial charge in [0.1, 0.15) is 0 Å². The lowest BCUT2D eigenvalue weighted by Crippen LogP contribution is -2.12. The van der Waals surface area contributed by atoms with Crippen molar-refractivity contribution in [3.8, 4) is 0 Å². The van der Waals surface area contributed by atoms with Gasteiger partial charge in [0.05, 0.1) is 0 Å². The highest BCUT2D eigenvalue weighted by atomic mass is 35.5. The Kier molecular flexibility index (Phi) is 5.92. The fourth-order valence-electron chi connectivity index (χ4n) is 0.611. The average molecular weight is 165 g/mol. The van der Waals surface area contributed by atoms with Crippen LogP contribution in [-0.2, 0) is 0 Å². The van der Waals surface area contributed by atoms with Crippen molar-refractivity contribution in [1.29, 1.82) is 0 Å². The van der Waals surface area contributed by atoms with E-state index in [0.29, 0.717) is 0 Å². The fraction of sp³-hybridized carbons (Fsp3) is 1.00. The van der Waals surface area contributed by atoms with Crippen LogP contribution < -0.4 is 0 Å². The second kappa shape index (κ2) is 5.49. The summed E-state index contributed by atoms with van der Waals surface area (Å²) in [5.41, 5.74) is 0. The van der Waals surface area contributed by atoms with E-state index in [1.54, 1.807) is 0 Å². The predicted molar refractivity (Wildman–Crippen MR) is 49.0 cm³/mol. The summed E-state index contributed by atoms with van der Waals surface area (Å²) in [7, 11) is 0. The normalized spacial score (nSPS) is 9.33. The first-order valence-electron chi connectivity index (χ1n) is 3.48. The van der Waals surface area contributed by atoms with Crippen molar-refractivity contribution >= 4 is 35.2 Å². The lowest BCUT2D eigenvalue weighted by molar-refractivity contribution is 1.40. The standard InChI is InChI=1S/C5H12B2Cl2/c1-3-6(8)5-7(9)4-2/h3-5H2,1-2H3. The van der Waals surface area contributed by atoms with Crippen LogP contribution in [0.5, 0.6) is 0 Å². The van der Waals surface area contributed by atoms with Crippen molar-refractivity contribution in [2.75, 3.05) is 0 Å². The van der Waals surface area contributed by atoms with E-state index >= 15 is 0 Å². The first-order valence-corrected chi connectivity index (χ1v) is 4.36. The maximum absolute atomic E-state index is 5.85. The molecule has 0 saturated carbocycles. The number of hydrogen-bond acceptors (Lipinski definition) is 0. The molecule has 0 aliphatic rings. The zero-order valence-electron chi connectivity index (χ0n) is 6.03. The Morgan fingerprint density at radius 3 is 1.56 bits per heavy atom. The first kappa shape index (κ1) is 9.71. The van der Waals surface area contributed by atoms with Gasteiger partial charge < -0.3 is 0 Å². The topological polar surface area (TPSA) is 0 Å². The Labute approximate surface area is 68.3 Å². The zero-order chi connectivity index (χ0) is 7.28. The molecule has 0 aromatic heterocycles. The molecule has 0 aromatic carbocycles. The minimum atomic E-state index is 0.271. The summed E-state index contributed by atoms with van der Waals surface area (Å²) in [5, 5.41) is 0. The molecule has 52 valence electrons. The molecule has 0 heterocycles. The molecular formula is C5H12B2Cl2. The van der Waals surface area contributed by atoms with E-state index in [1.165, 1.54) is 0 Å². The van der Waals surface area contributed by atoms with E-state index in [1.807, 2.05) is 0 Å². The van der Waals surface area contributed by atoms with Crippen LogP contribution >= 0.6 is 22.9 Å². The van der Waals surface area contributed by atoms with Crippen LogP contribution in [0.1, 0.15) is 13.8 Å². The summed E-state index contributed by atoms with van der Waals surface area (Å²) in [4.78, 5) is 0. The first-order chi connectivity index (χ1) is 4.20. The van der Waals surface area contributed by atoms with Crippen LogP contribution in [0.2, 0.25) is 18.9 Å². The molecule has 0 nitrogen and oxygen atoms in total. The van der Waals surface area contributed by atoms with E-state index in [2.05, 4.69) is 13.8 Å². The maximum Gasteiger partial charge on any atom is 0.244 e. The predicted octanol–water partition coefficient (Wildman–Crippen LogP) is 3.03. The van der Waals surface area contributed by atoms with Crippen LogP contribution in [0.4, 0.5) is 0 Å². The second-order valence-corrected chi connectivity index (χ2v) is 3.48. The highest BCUT2D eigenvalue weighted by molar-refractivity contribution is 7.19. The van der Waals surface area contributed by atoms with Crippen molar-refractivity contribution in [2.45, 2.75) is 32.7 Å². The van der Waals surface area contributed by atoms with E-state index < -0.39 is 0 Å². The van der Waals surface area contributed by atoms with Gasteiger partial charge in [0.25, 0.3) is 0 Å². The average Bonchev–Trinajstić information content (AvgIpc) is 1.87. The Bertz CT molecular complexity index is 62.0. The molecule has 0 bridgehead atoms. The van der Waals surface area contributed by atoms with Gasteiger partial charge >= 0.3 is 0 Å². The Balaban J connectivity index is 3.22. The van der Waals surface area contributed by atoms with Crippen LogP contribution in [-0.4, -0.2) is 12.3 Å². The Morgan fingerprint density at radius 2 is 1.33 bits per heavy atom. The van der Waals surface area contributed by atoms with Crippen molar-refractivity contribution in [3.63, 3.8) is 0 Å². The highest BCUT2D eigenvalue weighted by Crippen LogP contribution is 2.11. The van der Waals surface area contributed by atoms with Crippen LogP contribution in [0.3, 0.4) is 0 Å². The Hall–Kier alpha value is 0.710. The number of rotatable bonds is 4. The minimum absolute atomic E-state index is 0.271. The van der Waals surface area contributed by atoms with Gasteiger partial charge in [-0.3, -0.25) is 0 Å². The molecule has 0 aromatic rings.